The van der Waals surface area contributed by atoms with Gasteiger partial charge in [-0.05, 0) is 30.5 Å². The van der Waals surface area contributed by atoms with Crippen LogP contribution in [-0.2, 0) is 5.41 Å². The Hall–Kier alpha value is -1.87. The highest BCUT2D eigenvalue weighted by Crippen LogP contribution is 2.27. The molecule has 112 valence electrons. The minimum atomic E-state index is -0.274. The Kier molecular flexibility index (Phi) is 5.34. The van der Waals surface area contributed by atoms with Crippen molar-refractivity contribution in [3.8, 4) is 5.75 Å². The molecule has 2 nitrogen and oxygen atoms in total. The molecule has 0 spiro atoms. The summed E-state index contributed by atoms with van der Waals surface area (Å²) >= 11 is 0. The first-order chi connectivity index (χ1) is 10.1. The molecule has 0 aliphatic carbocycles. The Morgan fingerprint density at radius 2 is 1.86 bits per heavy atom. The van der Waals surface area contributed by atoms with E-state index in [0.29, 0.717) is 18.9 Å². The molecule has 0 fully saturated rings. The molecule has 0 radical (unpaired) electrons. The average Bonchev–Trinajstić information content (AvgIpc) is 2.52. The van der Waals surface area contributed by atoms with E-state index in [1.807, 2.05) is 18.2 Å². The third-order valence-electron chi connectivity index (χ3n) is 3.86. The van der Waals surface area contributed by atoms with E-state index in [-0.39, 0.29) is 11.2 Å². The summed E-state index contributed by atoms with van der Waals surface area (Å²) in [5.41, 5.74) is 7.16. The van der Waals surface area contributed by atoms with Crippen molar-refractivity contribution >= 4 is 0 Å². The molecule has 0 bridgehead atoms. The zero-order valence-electron chi connectivity index (χ0n) is 12.4. The average molecular weight is 287 g/mol. The van der Waals surface area contributed by atoms with Gasteiger partial charge in [-0.1, -0.05) is 43.3 Å². The Bertz CT molecular complexity index is 558. The van der Waals surface area contributed by atoms with Crippen LogP contribution in [-0.4, -0.2) is 13.2 Å². The van der Waals surface area contributed by atoms with Gasteiger partial charge >= 0.3 is 0 Å². The Balaban J connectivity index is 1.86. The van der Waals surface area contributed by atoms with Gasteiger partial charge in [0.2, 0.25) is 0 Å². The predicted molar refractivity (Wildman–Crippen MR) is 84.0 cm³/mol. The Morgan fingerprint density at radius 3 is 2.52 bits per heavy atom. The lowest BCUT2D eigenvalue weighted by Crippen LogP contribution is -2.32. The topological polar surface area (TPSA) is 35.2 Å². The zero-order valence-corrected chi connectivity index (χ0v) is 12.4. The number of benzene rings is 2. The van der Waals surface area contributed by atoms with Crippen LogP contribution in [0.1, 0.15) is 25.3 Å². The van der Waals surface area contributed by atoms with E-state index in [1.165, 1.54) is 17.7 Å². The third kappa shape index (κ3) is 4.30. The number of nitrogens with two attached hydrogens (primary N) is 1. The van der Waals surface area contributed by atoms with Gasteiger partial charge in [-0.2, -0.15) is 0 Å². The highest BCUT2D eigenvalue weighted by Gasteiger charge is 2.24. The van der Waals surface area contributed by atoms with Crippen LogP contribution in [0.5, 0.6) is 5.75 Å². The van der Waals surface area contributed by atoms with Crippen molar-refractivity contribution < 1.29 is 9.13 Å². The summed E-state index contributed by atoms with van der Waals surface area (Å²) in [5, 5.41) is 0. The maximum atomic E-state index is 13.0. The number of halogens is 1. The number of hydrogen-bond acceptors (Lipinski definition) is 2. The third-order valence-corrected chi connectivity index (χ3v) is 3.86. The van der Waals surface area contributed by atoms with Gasteiger partial charge in [0.15, 0.2) is 0 Å². The van der Waals surface area contributed by atoms with Gasteiger partial charge in [-0.3, -0.25) is 0 Å². The molecule has 0 aromatic heterocycles. The minimum Gasteiger partial charge on any atom is -0.493 e. The summed E-state index contributed by atoms with van der Waals surface area (Å²) < 4.78 is 18.6. The monoisotopic (exact) mass is 287 g/mol. The number of hydrogen-bond donors (Lipinski definition) is 1. The molecule has 2 rings (SSSR count). The van der Waals surface area contributed by atoms with Crippen molar-refractivity contribution in [1.29, 1.82) is 0 Å². The minimum absolute atomic E-state index is 0.0490. The van der Waals surface area contributed by atoms with Crippen LogP contribution in [0.2, 0.25) is 0 Å². The molecule has 0 heterocycles. The lowest BCUT2D eigenvalue weighted by atomic mass is 9.79. The van der Waals surface area contributed by atoms with Gasteiger partial charge in [0.05, 0.1) is 6.61 Å². The second kappa shape index (κ2) is 7.23. The van der Waals surface area contributed by atoms with Crippen LogP contribution in [0.15, 0.2) is 54.6 Å². The molecule has 1 unspecified atom stereocenters. The molecule has 2 aromatic carbocycles. The van der Waals surface area contributed by atoms with E-state index in [9.17, 15) is 4.39 Å². The maximum Gasteiger partial charge on any atom is 0.126 e. The lowest BCUT2D eigenvalue weighted by Gasteiger charge is -2.28. The molecular formula is C18H22FNO. The first-order valence-corrected chi connectivity index (χ1v) is 7.28. The molecule has 0 aliphatic heterocycles. The van der Waals surface area contributed by atoms with Crippen molar-refractivity contribution in [3.63, 3.8) is 0 Å². The molecule has 0 saturated heterocycles. The summed E-state index contributed by atoms with van der Waals surface area (Å²) in [6, 6.07) is 16.5. The summed E-state index contributed by atoms with van der Waals surface area (Å²) in [5.74, 6) is 0.299. The van der Waals surface area contributed by atoms with Crippen molar-refractivity contribution in [3.05, 3.63) is 66.0 Å². The summed E-state index contributed by atoms with van der Waals surface area (Å²) in [7, 11) is 0. The van der Waals surface area contributed by atoms with Gasteiger partial charge in [0, 0.05) is 18.0 Å². The fourth-order valence-corrected chi connectivity index (χ4v) is 2.41. The molecule has 21 heavy (non-hydrogen) atoms. The number of rotatable bonds is 7. The zero-order chi connectivity index (χ0) is 15.1. The van der Waals surface area contributed by atoms with Crippen LogP contribution < -0.4 is 10.5 Å². The van der Waals surface area contributed by atoms with Crippen LogP contribution in [0.3, 0.4) is 0 Å². The highest BCUT2D eigenvalue weighted by molar-refractivity contribution is 5.25. The lowest BCUT2D eigenvalue weighted by molar-refractivity contribution is 0.284. The van der Waals surface area contributed by atoms with E-state index < -0.39 is 0 Å². The predicted octanol–water partition coefficient (Wildman–Crippen LogP) is 3.90. The fraction of sp³-hybridized carbons (Fsp3) is 0.333. The first-order valence-electron chi connectivity index (χ1n) is 7.28. The summed E-state index contributed by atoms with van der Waals surface area (Å²) in [4.78, 5) is 0. The fourth-order valence-electron chi connectivity index (χ4n) is 2.41. The molecule has 2 aromatic rings. The van der Waals surface area contributed by atoms with E-state index in [4.69, 9.17) is 10.5 Å². The standard InChI is InChI=1S/C18H22FNO/c1-18(14-20,15-7-3-2-4-8-15)11-6-12-21-17-10-5-9-16(19)13-17/h2-5,7-10,13H,6,11-12,14,20H2,1H3. The van der Waals surface area contributed by atoms with Gasteiger partial charge in [0.25, 0.3) is 0 Å². The highest BCUT2D eigenvalue weighted by atomic mass is 19.1. The normalized spacial score (nSPS) is 13.7. The van der Waals surface area contributed by atoms with E-state index >= 15 is 0 Å². The molecule has 0 saturated carbocycles. The SMILES string of the molecule is CC(CN)(CCCOc1cccc(F)c1)c1ccccc1. The molecule has 2 N–H and O–H groups in total. The maximum absolute atomic E-state index is 13.0. The van der Waals surface area contributed by atoms with Crippen LogP contribution in [0.25, 0.3) is 0 Å². The van der Waals surface area contributed by atoms with Gasteiger partial charge in [-0.15, -0.1) is 0 Å². The van der Waals surface area contributed by atoms with E-state index in [0.717, 1.165) is 12.8 Å². The van der Waals surface area contributed by atoms with Crippen molar-refractivity contribution in [1.82, 2.24) is 0 Å². The van der Waals surface area contributed by atoms with Crippen LogP contribution in [0, 0.1) is 5.82 Å². The smallest absolute Gasteiger partial charge is 0.126 e. The molecule has 0 aliphatic rings. The summed E-state index contributed by atoms with van der Waals surface area (Å²) in [6.45, 7) is 3.33. The molecule has 3 heteroatoms. The van der Waals surface area contributed by atoms with Crippen LogP contribution >= 0.6 is 0 Å². The Labute approximate surface area is 125 Å². The van der Waals surface area contributed by atoms with Crippen molar-refractivity contribution in [2.24, 2.45) is 5.73 Å². The largest absolute Gasteiger partial charge is 0.493 e. The summed E-state index contributed by atoms with van der Waals surface area (Å²) in [6.07, 6.45) is 1.81. The van der Waals surface area contributed by atoms with E-state index in [2.05, 4.69) is 19.1 Å². The van der Waals surface area contributed by atoms with Crippen molar-refractivity contribution in [2.45, 2.75) is 25.2 Å². The molecular weight excluding hydrogens is 265 g/mol. The quantitative estimate of drug-likeness (QED) is 0.784. The second-order valence-corrected chi connectivity index (χ2v) is 5.54. The van der Waals surface area contributed by atoms with Gasteiger partial charge < -0.3 is 10.5 Å². The second-order valence-electron chi connectivity index (χ2n) is 5.54. The Morgan fingerprint density at radius 1 is 1.10 bits per heavy atom. The van der Waals surface area contributed by atoms with Gasteiger partial charge in [-0.25, -0.2) is 4.39 Å². The van der Waals surface area contributed by atoms with E-state index in [1.54, 1.807) is 12.1 Å². The van der Waals surface area contributed by atoms with Crippen molar-refractivity contribution in [2.75, 3.05) is 13.2 Å². The molecule has 1 atom stereocenters. The number of ether oxygens (including phenoxy) is 1. The van der Waals surface area contributed by atoms with Crippen LogP contribution in [0.4, 0.5) is 4.39 Å². The van der Waals surface area contributed by atoms with Gasteiger partial charge in [0.1, 0.15) is 11.6 Å². The first kappa shape index (κ1) is 15.5. The molecule has 0 amide bonds.